The Hall–Kier alpha value is -0.650. The van der Waals surface area contributed by atoms with Crippen molar-refractivity contribution in [3.8, 4) is 0 Å². The van der Waals surface area contributed by atoms with Crippen LogP contribution in [0.2, 0.25) is 0 Å². The molecule has 0 saturated carbocycles. The second-order valence-corrected chi connectivity index (χ2v) is 6.29. The Labute approximate surface area is 123 Å². The van der Waals surface area contributed by atoms with Gasteiger partial charge in [-0.15, -0.1) is 0 Å². The fourth-order valence-corrected chi connectivity index (χ4v) is 3.17. The van der Waals surface area contributed by atoms with E-state index in [1.807, 2.05) is 20.8 Å². The van der Waals surface area contributed by atoms with Gasteiger partial charge in [-0.3, -0.25) is 9.69 Å². The van der Waals surface area contributed by atoms with Crippen LogP contribution in [0.15, 0.2) is 0 Å². The molecule has 1 fully saturated rings. The summed E-state index contributed by atoms with van der Waals surface area (Å²) < 4.78 is 5.23. The number of likely N-dealkylation sites (tertiary alicyclic amines) is 1. The first-order valence-corrected chi connectivity index (χ1v) is 7.65. The first-order chi connectivity index (χ1) is 9.34. The van der Waals surface area contributed by atoms with E-state index >= 15 is 0 Å². The van der Waals surface area contributed by atoms with Crippen molar-refractivity contribution in [2.45, 2.75) is 39.3 Å². The van der Waals surface area contributed by atoms with E-state index in [1.165, 1.54) is 0 Å². The van der Waals surface area contributed by atoms with Gasteiger partial charge in [-0.2, -0.15) is 0 Å². The highest BCUT2D eigenvalue weighted by Gasteiger charge is 2.40. The van der Waals surface area contributed by atoms with Gasteiger partial charge in [0.2, 0.25) is 0 Å². The van der Waals surface area contributed by atoms with Crippen LogP contribution in [0.3, 0.4) is 0 Å². The number of ether oxygens (including phenoxy) is 1. The summed E-state index contributed by atoms with van der Waals surface area (Å²) in [6.07, 6.45) is 0. The van der Waals surface area contributed by atoms with Crippen LogP contribution in [-0.4, -0.2) is 74.2 Å². The highest BCUT2D eigenvalue weighted by molar-refractivity contribution is 5.80. The van der Waals surface area contributed by atoms with Crippen molar-refractivity contribution in [2.24, 2.45) is 5.92 Å². The highest BCUT2D eigenvalue weighted by atomic mass is 16.5. The molecule has 3 unspecified atom stereocenters. The molecule has 1 aliphatic rings. The number of esters is 1. The average Bonchev–Trinajstić information content (AvgIpc) is 2.70. The van der Waals surface area contributed by atoms with E-state index in [0.29, 0.717) is 25.1 Å². The summed E-state index contributed by atoms with van der Waals surface area (Å²) >= 11 is 0. The number of hydrogen-bond donors (Lipinski definition) is 1. The molecule has 1 saturated heterocycles. The molecular formula is C15H31N3O2. The van der Waals surface area contributed by atoms with Crippen LogP contribution in [0.4, 0.5) is 0 Å². The van der Waals surface area contributed by atoms with E-state index in [2.05, 4.69) is 36.1 Å². The lowest BCUT2D eigenvalue weighted by molar-refractivity contribution is -0.151. The van der Waals surface area contributed by atoms with Crippen LogP contribution in [0, 0.1) is 5.92 Å². The van der Waals surface area contributed by atoms with E-state index in [9.17, 15) is 4.79 Å². The molecule has 118 valence electrons. The summed E-state index contributed by atoms with van der Waals surface area (Å²) in [4.78, 5) is 16.9. The lowest BCUT2D eigenvalue weighted by Gasteiger charge is -2.32. The smallest absolute Gasteiger partial charge is 0.327 e. The normalized spacial score (nSPS) is 26.8. The predicted molar refractivity (Wildman–Crippen MR) is 81.8 cm³/mol. The van der Waals surface area contributed by atoms with E-state index in [1.54, 1.807) is 0 Å². The molecule has 0 radical (unpaired) electrons. The van der Waals surface area contributed by atoms with Gasteiger partial charge in [0.25, 0.3) is 0 Å². The number of nitrogens with zero attached hydrogens (tertiary/aromatic N) is 2. The molecule has 0 bridgehead atoms. The highest BCUT2D eigenvalue weighted by Crippen LogP contribution is 2.22. The molecule has 0 amide bonds. The molecule has 5 heteroatoms. The Kier molecular flexibility index (Phi) is 6.43. The molecule has 0 aliphatic carbocycles. The lowest BCUT2D eigenvalue weighted by atomic mass is 10.0. The number of carbonyl (C=O) groups excluding carboxylic acids is 1. The summed E-state index contributed by atoms with van der Waals surface area (Å²) in [6.45, 7) is 12.0. The number of carbonyl (C=O) groups is 1. The molecule has 0 aromatic heterocycles. The average molecular weight is 285 g/mol. The minimum absolute atomic E-state index is 0.150. The van der Waals surface area contributed by atoms with Crippen LogP contribution < -0.4 is 5.32 Å². The summed E-state index contributed by atoms with van der Waals surface area (Å²) in [7, 11) is 4.25. The zero-order valence-electron chi connectivity index (χ0n) is 13.9. The number of likely N-dealkylation sites (N-methyl/N-ethyl adjacent to an activating group) is 2. The van der Waals surface area contributed by atoms with Crippen LogP contribution in [0.1, 0.15) is 27.7 Å². The van der Waals surface area contributed by atoms with Gasteiger partial charge in [-0.25, -0.2) is 0 Å². The Morgan fingerprint density at radius 2 is 2.05 bits per heavy atom. The van der Waals surface area contributed by atoms with Crippen LogP contribution in [0.25, 0.3) is 0 Å². The maximum Gasteiger partial charge on any atom is 0.327 e. The van der Waals surface area contributed by atoms with Gasteiger partial charge in [0.1, 0.15) is 5.54 Å². The largest absolute Gasteiger partial charge is 0.465 e. The molecule has 0 spiro atoms. The Morgan fingerprint density at radius 1 is 1.40 bits per heavy atom. The van der Waals surface area contributed by atoms with Gasteiger partial charge in [-0.1, -0.05) is 13.8 Å². The van der Waals surface area contributed by atoms with Crippen molar-refractivity contribution in [3.63, 3.8) is 0 Å². The second-order valence-electron chi connectivity index (χ2n) is 6.29. The predicted octanol–water partition coefficient (Wildman–Crippen LogP) is 0.800. The van der Waals surface area contributed by atoms with Crippen LogP contribution in [0.5, 0.6) is 0 Å². The molecule has 0 aromatic carbocycles. The van der Waals surface area contributed by atoms with Crippen molar-refractivity contribution < 1.29 is 9.53 Å². The van der Waals surface area contributed by atoms with Crippen LogP contribution in [-0.2, 0) is 9.53 Å². The summed E-state index contributed by atoms with van der Waals surface area (Å²) in [6, 6.07) is 0.558. The Morgan fingerprint density at radius 3 is 2.50 bits per heavy atom. The molecule has 1 N–H and O–H groups in total. The van der Waals surface area contributed by atoms with Gasteiger partial charge >= 0.3 is 5.97 Å². The van der Waals surface area contributed by atoms with Gasteiger partial charge in [0.15, 0.2) is 0 Å². The number of hydrogen-bond acceptors (Lipinski definition) is 5. The fraction of sp³-hybridized carbons (Fsp3) is 0.933. The zero-order chi connectivity index (χ0) is 15.3. The minimum atomic E-state index is -0.619. The van der Waals surface area contributed by atoms with Gasteiger partial charge in [-0.05, 0) is 40.4 Å². The molecule has 1 aliphatic heterocycles. The zero-order valence-corrected chi connectivity index (χ0v) is 13.9. The van der Waals surface area contributed by atoms with Crippen molar-refractivity contribution in [3.05, 3.63) is 0 Å². The van der Waals surface area contributed by atoms with Crippen molar-refractivity contribution >= 4 is 5.97 Å². The molecule has 20 heavy (non-hydrogen) atoms. The summed E-state index contributed by atoms with van der Waals surface area (Å²) in [5.74, 6) is 0.473. The summed E-state index contributed by atoms with van der Waals surface area (Å²) in [5.41, 5.74) is -0.619. The number of rotatable bonds is 7. The molecule has 1 heterocycles. The Bertz CT molecular complexity index is 322. The minimum Gasteiger partial charge on any atom is -0.465 e. The van der Waals surface area contributed by atoms with E-state index in [-0.39, 0.29) is 5.97 Å². The van der Waals surface area contributed by atoms with E-state index in [4.69, 9.17) is 4.74 Å². The molecule has 5 nitrogen and oxygen atoms in total. The maximum atomic E-state index is 12.2. The van der Waals surface area contributed by atoms with Crippen molar-refractivity contribution in [1.29, 1.82) is 0 Å². The first kappa shape index (κ1) is 17.4. The maximum absolute atomic E-state index is 12.2. The third kappa shape index (κ3) is 4.17. The quantitative estimate of drug-likeness (QED) is 0.701. The third-order valence-electron chi connectivity index (χ3n) is 4.14. The standard InChI is InChI=1S/C15H31N3O2/c1-7-16-15(4,14(19)20-8-2)11-18-9-12(3)13(10-18)17(5)6/h12-13,16H,7-11H2,1-6H3. The first-order valence-electron chi connectivity index (χ1n) is 7.65. The lowest BCUT2D eigenvalue weighted by Crippen LogP contribution is -2.57. The van der Waals surface area contributed by atoms with Gasteiger partial charge < -0.3 is 15.0 Å². The van der Waals surface area contributed by atoms with Crippen molar-refractivity contribution in [2.75, 3.05) is 46.9 Å². The summed E-state index contributed by atoms with van der Waals surface area (Å²) in [5, 5.41) is 3.30. The third-order valence-corrected chi connectivity index (χ3v) is 4.14. The topological polar surface area (TPSA) is 44.8 Å². The number of nitrogens with one attached hydrogen (secondary N) is 1. The van der Waals surface area contributed by atoms with E-state index < -0.39 is 5.54 Å². The van der Waals surface area contributed by atoms with E-state index in [0.717, 1.165) is 19.6 Å². The van der Waals surface area contributed by atoms with Gasteiger partial charge in [0, 0.05) is 25.7 Å². The SMILES string of the molecule is CCNC(C)(CN1CC(C)C(N(C)C)C1)C(=O)OCC. The second kappa shape index (κ2) is 7.38. The molecular weight excluding hydrogens is 254 g/mol. The molecule has 0 aromatic rings. The Balaban J connectivity index is 2.69. The van der Waals surface area contributed by atoms with Crippen LogP contribution >= 0.6 is 0 Å². The monoisotopic (exact) mass is 285 g/mol. The van der Waals surface area contributed by atoms with Crippen molar-refractivity contribution in [1.82, 2.24) is 15.1 Å². The van der Waals surface area contributed by atoms with Gasteiger partial charge in [0.05, 0.1) is 6.61 Å². The fourth-order valence-electron chi connectivity index (χ4n) is 3.17. The molecule has 3 atom stereocenters. The molecule has 1 rings (SSSR count).